The highest BCUT2D eigenvalue weighted by Crippen LogP contribution is 2.19. The molecule has 0 bridgehead atoms. The molecular weight excluding hydrogens is 194 g/mol. The number of aliphatic hydroxyl groups excluding tert-OH is 1. The average Bonchev–Trinajstić information content (AvgIpc) is 2.58. The van der Waals surface area contributed by atoms with Gasteiger partial charge < -0.3 is 19.9 Å². The topological polar surface area (TPSA) is 50.7 Å². The van der Waals surface area contributed by atoms with Gasteiger partial charge in [-0.3, -0.25) is 0 Å². The van der Waals surface area contributed by atoms with Crippen LogP contribution >= 0.6 is 0 Å². The third-order valence-corrected chi connectivity index (χ3v) is 2.88. The standard InChI is InChI=1S/C11H23NO3/c1-11(2,4-5-14-3)8-12-9-6-15-7-10(9)13/h9-10,12-13H,4-8H2,1-3H3. The van der Waals surface area contributed by atoms with Crippen LogP contribution in [0.4, 0.5) is 0 Å². The van der Waals surface area contributed by atoms with Crippen molar-refractivity contribution in [3.63, 3.8) is 0 Å². The van der Waals surface area contributed by atoms with Gasteiger partial charge in [0.1, 0.15) is 0 Å². The summed E-state index contributed by atoms with van der Waals surface area (Å²) in [5, 5.41) is 12.9. The minimum Gasteiger partial charge on any atom is -0.389 e. The van der Waals surface area contributed by atoms with E-state index in [0.29, 0.717) is 13.2 Å². The van der Waals surface area contributed by atoms with Gasteiger partial charge in [0.15, 0.2) is 0 Å². The third-order valence-electron chi connectivity index (χ3n) is 2.88. The first-order chi connectivity index (χ1) is 7.05. The molecule has 0 aromatic heterocycles. The molecule has 2 N–H and O–H groups in total. The average molecular weight is 217 g/mol. The maximum atomic E-state index is 9.55. The van der Waals surface area contributed by atoms with Gasteiger partial charge in [-0.25, -0.2) is 0 Å². The van der Waals surface area contributed by atoms with Crippen LogP contribution in [0.3, 0.4) is 0 Å². The molecule has 2 atom stereocenters. The lowest BCUT2D eigenvalue weighted by atomic mass is 9.89. The minimum absolute atomic E-state index is 0.0896. The van der Waals surface area contributed by atoms with Crippen molar-refractivity contribution in [1.29, 1.82) is 0 Å². The molecule has 1 saturated heterocycles. The molecule has 15 heavy (non-hydrogen) atoms. The molecule has 4 nitrogen and oxygen atoms in total. The van der Waals surface area contributed by atoms with Gasteiger partial charge in [-0.1, -0.05) is 13.8 Å². The van der Waals surface area contributed by atoms with Crippen LogP contribution in [0, 0.1) is 5.41 Å². The first kappa shape index (κ1) is 12.9. The van der Waals surface area contributed by atoms with Gasteiger partial charge in [-0.15, -0.1) is 0 Å². The van der Waals surface area contributed by atoms with E-state index < -0.39 is 0 Å². The van der Waals surface area contributed by atoms with Crippen LogP contribution in [0.2, 0.25) is 0 Å². The Morgan fingerprint density at radius 2 is 2.20 bits per heavy atom. The Kier molecular flexibility index (Phi) is 4.99. The van der Waals surface area contributed by atoms with E-state index in [1.165, 1.54) is 0 Å². The fraction of sp³-hybridized carbons (Fsp3) is 1.00. The first-order valence-electron chi connectivity index (χ1n) is 5.53. The van der Waals surface area contributed by atoms with E-state index in [1.54, 1.807) is 7.11 Å². The van der Waals surface area contributed by atoms with Gasteiger partial charge >= 0.3 is 0 Å². The first-order valence-corrected chi connectivity index (χ1v) is 5.53. The number of rotatable bonds is 6. The van der Waals surface area contributed by atoms with Crippen LogP contribution in [0.5, 0.6) is 0 Å². The molecule has 0 saturated carbocycles. The van der Waals surface area contributed by atoms with Gasteiger partial charge in [0.25, 0.3) is 0 Å². The molecule has 2 unspecified atom stereocenters. The third kappa shape index (κ3) is 4.47. The number of nitrogens with one attached hydrogen (secondary N) is 1. The zero-order valence-electron chi connectivity index (χ0n) is 9.95. The molecular formula is C11H23NO3. The molecule has 0 spiro atoms. The van der Waals surface area contributed by atoms with Crippen molar-refractivity contribution >= 4 is 0 Å². The summed E-state index contributed by atoms with van der Waals surface area (Å²) in [4.78, 5) is 0. The minimum atomic E-state index is -0.358. The Bertz CT molecular complexity index is 185. The number of hydrogen-bond acceptors (Lipinski definition) is 4. The Morgan fingerprint density at radius 3 is 2.73 bits per heavy atom. The van der Waals surface area contributed by atoms with Crippen LogP contribution < -0.4 is 5.32 Å². The summed E-state index contributed by atoms with van der Waals surface area (Å²) >= 11 is 0. The smallest absolute Gasteiger partial charge is 0.0948 e. The van der Waals surface area contributed by atoms with Crippen molar-refractivity contribution in [2.75, 3.05) is 33.5 Å². The Hall–Kier alpha value is -0.160. The second-order valence-electron chi connectivity index (χ2n) is 5.00. The number of aliphatic hydroxyl groups is 1. The van der Waals surface area contributed by atoms with Crippen LogP contribution in [0.15, 0.2) is 0 Å². The fourth-order valence-electron chi connectivity index (χ4n) is 1.61. The lowest BCUT2D eigenvalue weighted by Crippen LogP contribution is -2.43. The van der Waals surface area contributed by atoms with E-state index in [-0.39, 0.29) is 17.6 Å². The van der Waals surface area contributed by atoms with E-state index >= 15 is 0 Å². The molecule has 0 aliphatic carbocycles. The van der Waals surface area contributed by atoms with Crippen molar-refractivity contribution in [2.45, 2.75) is 32.4 Å². The van der Waals surface area contributed by atoms with Gasteiger partial charge in [-0.05, 0) is 11.8 Å². The molecule has 4 heteroatoms. The summed E-state index contributed by atoms with van der Waals surface area (Å²) in [6.45, 7) is 7.11. The quantitative estimate of drug-likeness (QED) is 0.676. The zero-order chi connectivity index (χ0) is 11.3. The monoisotopic (exact) mass is 217 g/mol. The molecule has 0 radical (unpaired) electrons. The molecule has 0 aromatic carbocycles. The lowest BCUT2D eigenvalue weighted by molar-refractivity contribution is 0.118. The number of ether oxygens (including phenoxy) is 2. The highest BCUT2D eigenvalue weighted by Gasteiger charge is 2.27. The summed E-state index contributed by atoms with van der Waals surface area (Å²) in [6.07, 6.45) is 0.656. The van der Waals surface area contributed by atoms with Crippen molar-refractivity contribution in [1.82, 2.24) is 5.32 Å². The maximum absolute atomic E-state index is 9.55. The largest absolute Gasteiger partial charge is 0.389 e. The predicted molar refractivity (Wildman–Crippen MR) is 58.9 cm³/mol. The van der Waals surface area contributed by atoms with Crippen LogP contribution in [-0.2, 0) is 9.47 Å². The normalized spacial score (nSPS) is 27.2. The molecule has 0 aromatic rings. The summed E-state index contributed by atoms with van der Waals surface area (Å²) in [7, 11) is 1.72. The molecule has 1 heterocycles. The van der Waals surface area contributed by atoms with Crippen molar-refractivity contribution in [3.05, 3.63) is 0 Å². The Labute approximate surface area is 92.0 Å². The fourth-order valence-corrected chi connectivity index (χ4v) is 1.61. The van der Waals surface area contributed by atoms with E-state index in [1.807, 2.05) is 0 Å². The zero-order valence-corrected chi connectivity index (χ0v) is 9.95. The van der Waals surface area contributed by atoms with Gasteiger partial charge in [-0.2, -0.15) is 0 Å². The van der Waals surface area contributed by atoms with E-state index in [4.69, 9.17) is 9.47 Å². The summed E-state index contributed by atoms with van der Waals surface area (Å²) in [6, 6.07) is 0.0896. The SMILES string of the molecule is COCCC(C)(C)CNC1COCC1O. The highest BCUT2D eigenvalue weighted by molar-refractivity contribution is 4.83. The lowest BCUT2D eigenvalue weighted by Gasteiger charge is -2.27. The molecule has 1 rings (SSSR count). The Balaban J connectivity index is 2.22. The van der Waals surface area contributed by atoms with E-state index in [2.05, 4.69) is 19.2 Å². The molecule has 1 fully saturated rings. The van der Waals surface area contributed by atoms with Gasteiger partial charge in [0.05, 0.1) is 25.4 Å². The van der Waals surface area contributed by atoms with Crippen molar-refractivity contribution in [3.8, 4) is 0 Å². The van der Waals surface area contributed by atoms with Crippen LogP contribution in [0.1, 0.15) is 20.3 Å². The molecule has 1 aliphatic heterocycles. The summed E-state index contributed by atoms with van der Waals surface area (Å²) in [5.74, 6) is 0. The Morgan fingerprint density at radius 1 is 1.47 bits per heavy atom. The molecule has 0 amide bonds. The van der Waals surface area contributed by atoms with Gasteiger partial charge in [0, 0.05) is 20.3 Å². The highest BCUT2D eigenvalue weighted by atomic mass is 16.5. The number of hydrogen-bond donors (Lipinski definition) is 2. The van der Waals surface area contributed by atoms with Crippen LogP contribution in [0.25, 0.3) is 0 Å². The van der Waals surface area contributed by atoms with Crippen LogP contribution in [-0.4, -0.2) is 50.7 Å². The second kappa shape index (κ2) is 5.80. The second-order valence-corrected chi connectivity index (χ2v) is 5.00. The maximum Gasteiger partial charge on any atom is 0.0948 e. The summed E-state index contributed by atoms with van der Waals surface area (Å²) in [5.41, 5.74) is 0.193. The van der Waals surface area contributed by atoms with E-state index in [9.17, 15) is 5.11 Å². The molecule has 90 valence electrons. The van der Waals surface area contributed by atoms with Crippen molar-refractivity contribution in [2.24, 2.45) is 5.41 Å². The van der Waals surface area contributed by atoms with Crippen molar-refractivity contribution < 1.29 is 14.6 Å². The molecule has 1 aliphatic rings. The van der Waals surface area contributed by atoms with E-state index in [0.717, 1.165) is 19.6 Å². The van der Waals surface area contributed by atoms with Gasteiger partial charge in [0.2, 0.25) is 0 Å². The summed E-state index contributed by atoms with van der Waals surface area (Å²) < 4.78 is 10.2. The number of methoxy groups -OCH3 is 1. The predicted octanol–water partition coefficient (Wildman–Crippen LogP) is 0.398.